The molecule has 1 aromatic carbocycles. The molecule has 0 saturated heterocycles. The van der Waals surface area contributed by atoms with E-state index >= 15 is 0 Å². The first-order valence-electron chi connectivity index (χ1n) is 5.66. The molecule has 0 radical (unpaired) electrons. The summed E-state index contributed by atoms with van der Waals surface area (Å²) >= 11 is 1.65. The Hall–Kier alpha value is -1.54. The number of nitrogens with one attached hydrogen (secondary N) is 1. The molecule has 1 rings (SSSR count). The van der Waals surface area contributed by atoms with E-state index in [9.17, 15) is 4.39 Å². The van der Waals surface area contributed by atoms with Gasteiger partial charge < -0.3 is 15.8 Å². The van der Waals surface area contributed by atoms with Crippen LogP contribution in [0.25, 0.3) is 0 Å². The van der Waals surface area contributed by atoms with Crippen LogP contribution >= 0.6 is 11.8 Å². The van der Waals surface area contributed by atoms with Crippen molar-refractivity contribution in [2.45, 2.75) is 6.92 Å². The highest BCUT2D eigenvalue weighted by molar-refractivity contribution is 7.99. The molecule has 0 saturated carbocycles. The number of terminal acetylenes is 1. The molecule has 0 aromatic heterocycles. The number of anilines is 2. The Morgan fingerprint density at radius 1 is 1.56 bits per heavy atom. The molecule has 98 valence electrons. The van der Waals surface area contributed by atoms with Crippen LogP contribution in [0.5, 0.6) is 5.75 Å². The molecule has 3 nitrogen and oxygen atoms in total. The number of rotatable bonds is 7. The molecular weight excluding hydrogens is 251 g/mol. The van der Waals surface area contributed by atoms with E-state index in [0.717, 1.165) is 5.75 Å². The van der Waals surface area contributed by atoms with E-state index in [2.05, 4.69) is 11.2 Å². The fraction of sp³-hybridized carbons (Fsp3) is 0.385. The number of nitrogen functional groups attached to an aromatic ring is 1. The summed E-state index contributed by atoms with van der Waals surface area (Å²) in [6.45, 7) is 2.94. The molecule has 0 amide bonds. The Balaban J connectivity index is 2.59. The number of halogens is 1. The SMILES string of the molecule is C#CCSCCNc1cc(OCC)c(F)cc1N. The molecule has 5 heteroatoms. The van der Waals surface area contributed by atoms with Gasteiger partial charge in [-0.15, -0.1) is 18.2 Å². The maximum atomic E-state index is 13.4. The molecule has 0 bridgehead atoms. The first-order valence-corrected chi connectivity index (χ1v) is 6.81. The Labute approximate surface area is 111 Å². The number of nitrogens with two attached hydrogens (primary N) is 1. The van der Waals surface area contributed by atoms with Gasteiger partial charge in [0.15, 0.2) is 11.6 Å². The van der Waals surface area contributed by atoms with Crippen LogP contribution in [0.15, 0.2) is 12.1 Å². The number of hydrogen-bond donors (Lipinski definition) is 2. The molecule has 3 N–H and O–H groups in total. The zero-order valence-electron chi connectivity index (χ0n) is 10.3. The number of benzene rings is 1. The van der Waals surface area contributed by atoms with Crippen LogP contribution in [0, 0.1) is 18.2 Å². The second-order valence-electron chi connectivity index (χ2n) is 3.49. The van der Waals surface area contributed by atoms with E-state index in [-0.39, 0.29) is 5.75 Å². The fourth-order valence-corrected chi connectivity index (χ4v) is 1.89. The average Bonchev–Trinajstić information content (AvgIpc) is 2.34. The smallest absolute Gasteiger partial charge is 0.167 e. The maximum Gasteiger partial charge on any atom is 0.167 e. The van der Waals surface area contributed by atoms with Crippen LogP contribution in [0.1, 0.15) is 6.92 Å². The van der Waals surface area contributed by atoms with Crippen LogP contribution in [-0.4, -0.2) is 24.7 Å². The number of thioether (sulfide) groups is 1. The van der Waals surface area contributed by atoms with Crippen LogP contribution in [0.4, 0.5) is 15.8 Å². The Morgan fingerprint density at radius 2 is 2.33 bits per heavy atom. The highest BCUT2D eigenvalue weighted by Gasteiger charge is 2.08. The summed E-state index contributed by atoms with van der Waals surface area (Å²) in [5.74, 6) is 3.87. The molecule has 0 spiro atoms. The molecule has 0 fully saturated rings. The van der Waals surface area contributed by atoms with Gasteiger partial charge >= 0.3 is 0 Å². The maximum absolute atomic E-state index is 13.4. The summed E-state index contributed by atoms with van der Waals surface area (Å²) in [7, 11) is 0. The highest BCUT2D eigenvalue weighted by atomic mass is 32.2. The minimum Gasteiger partial charge on any atom is -0.491 e. The van der Waals surface area contributed by atoms with E-state index < -0.39 is 5.82 Å². The molecule has 0 unspecified atom stereocenters. The molecule has 0 aliphatic heterocycles. The van der Waals surface area contributed by atoms with E-state index in [0.29, 0.717) is 30.3 Å². The molecule has 0 aliphatic carbocycles. The highest BCUT2D eigenvalue weighted by Crippen LogP contribution is 2.28. The second-order valence-corrected chi connectivity index (χ2v) is 4.59. The van der Waals surface area contributed by atoms with E-state index in [1.165, 1.54) is 6.07 Å². The van der Waals surface area contributed by atoms with Crippen molar-refractivity contribution in [3.63, 3.8) is 0 Å². The lowest BCUT2D eigenvalue weighted by atomic mass is 10.2. The Bertz CT molecular complexity index is 432. The second kappa shape index (κ2) is 7.72. The van der Waals surface area contributed by atoms with Gasteiger partial charge in [0, 0.05) is 24.4 Å². The van der Waals surface area contributed by atoms with Crippen molar-refractivity contribution in [1.29, 1.82) is 0 Å². The van der Waals surface area contributed by atoms with Crippen molar-refractivity contribution < 1.29 is 9.13 Å². The number of ether oxygens (including phenoxy) is 1. The van der Waals surface area contributed by atoms with Crippen molar-refractivity contribution in [2.75, 3.05) is 35.7 Å². The normalized spacial score (nSPS) is 9.83. The summed E-state index contributed by atoms with van der Waals surface area (Å²) in [4.78, 5) is 0. The standard InChI is InChI=1S/C13H17FN2OS/c1-3-6-18-7-5-16-12-9-13(17-4-2)10(14)8-11(12)15/h1,8-9,16H,4-7,15H2,2H3. The minimum atomic E-state index is -0.443. The summed E-state index contributed by atoms with van der Waals surface area (Å²) < 4.78 is 18.6. The molecule has 1 aromatic rings. The predicted molar refractivity (Wildman–Crippen MR) is 76.6 cm³/mol. The minimum absolute atomic E-state index is 0.213. The first-order chi connectivity index (χ1) is 8.69. The molecule has 0 aliphatic rings. The lowest BCUT2D eigenvalue weighted by Gasteiger charge is -2.12. The Morgan fingerprint density at radius 3 is 3.00 bits per heavy atom. The Kier molecular flexibility index (Phi) is 6.23. The monoisotopic (exact) mass is 268 g/mol. The van der Waals surface area contributed by atoms with Crippen molar-refractivity contribution in [2.24, 2.45) is 0 Å². The van der Waals surface area contributed by atoms with Crippen molar-refractivity contribution in [1.82, 2.24) is 0 Å². The zero-order valence-corrected chi connectivity index (χ0v) is 11.1. The average molecular weight is 268 g/mol. The lowest BCUT2D eigenvalue weighted by molar-refractivity contribution is 0.322. The van der Waals surface area contributed by atoms with E-state index in [1.54, 1.807) is 24.8 Å². The summed E-state index contributed by atoms with van der Waals surface area (Å²) in [5.41, 5.74) is 6.78. The summed E-state index contributed by atoms with van der Waals surface area (Å²) in [6.07, 6.45) is 5.15. The van der Waals surface area contributed by atoms with Crippen LogP contribution in [-0.2, 0) is 0 Å². The first kappa shape index (κ1) is 14.5. The third-order valence-corrected chi connectivity index (χ3v) is 3.01. The summed E-state index contributed by atoms with van der Waals surface area (Å²) in [6, 6.07) is 2.85. The van der Waals surface area contributed by atoms with Gasteiger partial charge in [-0.3, -0.25) is 0 Å². The van der Waals surface area contributed by atoms with Gasteiger partial charge in [-0.1, -0.05) is 5.92 Å². The summed E-state index contributed by atoms with van der Waals surface area (Å²) in [5, 5.41) is 3.14. The number of hydrogen-bond acceptors (Lipinski definition) is 4. The van der Waals surface area contributed by atoms with Gasteiger partial charge in [-0.05, 0) is 6.92 Å². The van der Waals surface area contributed by atoms with Gasteiger partial charge in [-0.2, -0.15) is 0 Å². The largest absolute Gasteiger partial charge is 0.491 e. The van der Waals surface area contributed by atoms with Crippen LogP contribution in [0.3, 0.4) is 0 Å². The van der Waals surface area contributed by atoms with Crippen LogP contribution < -0.4 is 15.8 Å². The van der Waals surface area contributed by atoms with E-state index in [4.69, 9.17) is 16.9 Å². The van der Waals surface area contributed by atoms with Crippen molar-refractivity contribution in [3.8, 4) is 18.1 Å². The quantitative estimate of drug-likeness (QED) is 0.453. The van der Waals surface area contributed by atoms with E-state index in [1.807, 2.05) is 0 Å². The zero-order chi connectivity index (χ0) is 13.4. The third-order valence-electron chi connectivity index (χ3n) is 2.15. The van der Waals surface area contributed by atoms with Gasteiger partial charge in [0.05, 0.1) is 23.7 Å². The van der Waals surface area contributed by atoms with Gasteiger partial charge in [0.2, 0.25) is 0 Å². The topological polar surface area (TPSA) is 47.3 Å². The van der Waals surface area contributed by atoms with Crippen molar-refractivity contribution in [3.05, 3.63) is 17.9 Å². The van der Waals surface area contributed by atoms with Gasteiger partial charge in [0.1, 0.15) is 0 Å². The van der Waals surface area contributed by atoms with Gasteiger partial charge in [0.25, 0.3) is 0 Å². The van der Waals surface area contributed by atoms with Crippen molar-refractivity contribution >= 4 is 23.1 Å². The molecule has 0 heterocycles. The molecule has 0 atom stereocenters. The third kappa shape index (κ3) is 4.38. The predicted octanol–water partition coefficient (Wildman–Crippen LogP) is 2.58. The van der Waals surface area contributed by atoms with Gasteiger partial charge in [-0.25, -0.2) is 4.39 Å². The van der Waals surface area contributed by atoms with Crippen LogP contribution in [0.2, 0.25) is 0 Å². The molecular formula is C13H17FN2OS. The fourth-order valence-electron chi connectivity index (χ4n) is 1.38. The lowest BCUT2D eigenvalue weighted by Crippen LogP contribution is -2.08. The molecule has 18 heavy (non-hydrogen) atoms.